The Kier molecular flexibility index (Phi) is 5.74. The van der Waals surface area contributed by atoms with E-state index in [1.807, 2.05) is 39.8 Å². The lowest BCUT2D eigenvalue weighted by Crippen LogP contribution is -2.34. The van der Waals surface area contributed by atoms with Gasteiger partial charge in [0.25, 0.3) is 0 Å². The second-order valence-electron chi connectivity index (χ2n) is 5.19. The molecule has 4 heteroatoms. The summed E-state index contributed by atoms with van der Waals surface area (Å²) in [5, 5.41) is 8.87. The van der Waals surface area contributed by atoms with Crippen LogP contribution in [0.3, 0.4) is 0 Å². The lowest BCUT2D eigenvalue weighted by atomic mass is 10.0. The summed E-state index contributed by atoms with van der Waals surface area (Å²) in [4.78, 5) is 24.7. The molecule has 0 bridgehead atoms. The SMILES string of the molecule is CCCC(=O)N(CCC(=O)O)c1c(C)cc(C)cc1C. The average Bonchev–Trinajstić information content (AvgIpc) is 2.31. The van der Waals surface area contributed by atoms with Gasteiger partial charge < -0.3 is 10.0 Å². The maximum absolute atomic E-state index is 12.3. The number of carbonyl (C=O) groups is 2. The number of carboxylic acids is 1. The van der Waals surface area contributed by atoms with Crippen molar-refractivity contribution in [1.82, 2.24) is 0 Å². The number of benzene rings is 1. The fourth-order valence-corrected chi connectivity index (χ4v) is 2.52. The molecule has 110 valence electrons. The number of aryl methyl sites for hydroxylation is 3. The van der Waals surface area contributed by atoms with Gasteiger partial charge in [-0.25, -0.2) is 0 Å². The molecule has 0 radical (unpaired) electrons. The second-order valence-corrected chi connectivity index (χ2v) is 5.19. The Balaban J connectivity index is 3.15. The summed E-state index contributed by atoms with van der Waals surface area (Å²) >= 11 is 0. The molecule has 4 nitrogen and oxygen atoms in total. The number of hydrogen-bond acceptors (Lipinski definition) is 2. The molecule has 1 amide bonds. The van der Waals surface area contributed by atoms with Crippen LogP contribution in [0.4, 0.5) is 5.69 Å². The normalized spacial score (nSPS) is 10.4. The Bertz CT molecular complexity index is 485. The third-order valence-electron chi connectivity index (χ3n) is 3.22. The molecule has 1 rings (SSSR count). The minimum absolute atomic E-state index is 0.0104. The largest absolute Gasteiger partial charge is 0.481 e. The molecule has 1 aromatic rings. The van der Waals surface area contributed by atoms with Crippen molar-refractivity contribution in [3.63, 3.8) is 0 Å². The molecule has 0 aromatic heterocycles. The molecule has 0 saturated carbocycles. The first-order chi connectivity index (χ1) is 9.36. The Morgan fingerprint density at radius 2 is 1.65 bits per heavy atom. The van der Waals surface area contributed by atoms with E-state index in [0.717, 1.165) is 28.8 Å². The number of amides is 1. The minimum Gasteiger partial charge on any atom is -0.481 e. The van der Waals surface area contributed by atoms with E-state index in [0.29, 0.717) is 6.42 Å². The van der Waals surface area contributed by atoms with Crippen LogP contribution >= 0.6 is 0 Å². The summed E-state index contributed by atoms with van der Waals surface area (Å²) in [6.45, 7) is 8.10. The Hall–Kier alpha value is -1.84. The van der Waals surface area contributed by atoms with Crippen molar-refractivity contribution in [3.8, 4) is 0 Å². The summed E-state index contributed by atoms with van der Waals surface area (Å²) in [7, 11) is 0. The van der Waals surface area contributed by atoms with E-state index < -0.39 is 5.97 Å². The second kappa shape index (κ2) is 7.08. The summed E-state index contributed by atoms with van der Waals surface area (Å²) in [6, 6.07) is 4.05. The topological polar surface area (TPSA) is 57.6 Å². The predicted molar refractivity (Wildman–Crippen MR) is 80.2 cm³/mol. The molecule has 0 heterocycles. The number of rotatable bonds is 6. The van der Waals surface area contributed by atoms with Crippen LogP contribution < -0.4 is 4.90 Å². The van der Waals surface area contributed by atoms with E-state index >= 15 is 0 Å². The molecule has 0 unspecified atom stereocenters. The van der Waals surface area contributed by atoms with Gasteiger partial charge in [-0.15, -0.1) is 0 Å². The zero-order valence-corrected chi connectivity index (χ0v) is 12.7. The van der Waals surface area contributed by atoms with E-state index in [4.69, 9.17) is 5.11 Å². The monoisotopic (exact) mass is 277 g/mol. The van der Waals surface area contributed by atoms with Crippen LogP contribution in [0.15, 0.2) is 12.1 Å². The van der Waals surface area contributed by atoms with Gasteiger partial charge in [-0.1, -0.05) is 24.6 Å². The Morgan fingerprint density at radius 1 is 1.10 bits per heavy atom. The standard InChI is InChI=1S/C16H23NO3/c1-5-6-14(18)17(8-7-15(19)20)16-12(3)9-11(2)10-13(16)4/h9-10H,5-8H2,1-4H3,(H,19,20). The van der Waals surface area contributed by atoms with Crippen LogP contribution in [0.1, 0.15) is 42.9 Å². The van der Waals surface area contributed by atoms with Crippen LogP contribution in [0.5, 0.6) is 0 Å². The van der Waals surface area contributed by atoms with Crippen molar-refractivity contribution < 1.29 is 14.7 Å². The lowest BCUT2D eigenvalue weighted by molar-refractivity contribution is -0.136. The smallest absolute Gasteiger partial charge is 0.305 e. The highest BCUT2D eigenvalue weighted by atomic mass is 16.4. The van der Waals surface area contributed by atoms with Crippen molar-refractivity contribution >= 4 is 17.6 Å². The molecule has 0 aliphatic heterocycles. The van der Waals surface area contributed by atoms with Gasteiger partial charge in [-0.05, 0) is 38.3 Å². The number of hydrogen-bond donors (Lipinski definition) is 1. The maximum atomic E-state index is 12.3. The van der Waals surface area contributed by atoms with Crippen LogP contribution in [0.2, 0.25) is 0 Å². The zero-order valence-electron chi connectivity index (χ0n) is 12.7. The Morgan fingerprint density at radius 3 is 2.10 bits per heavy atom. The summed E-state index contributed by atoms with van der Waals surface area (Å²) in [5.74, 6) is -0.898. The van der Waals surface area contributed by atoms with Gasteiger partial charge in [0.2, 0.25) is 5.91 Å². The third-order valence-corrected chi connectivity index (χ3v) is 3.22. The van der Waals surface area contributed by atoms with Crippen molar-refractivity contribution in [2.24, 2.45) is 0 Å². The van der Waals surface area contributed by atoms with E-state index in [-0.39, 0.29) is 18.9 Å². The number of nitrogens with zero attached hydrogens (tertiary/aromatic N) is 1. The lowest BCUT2D eigenvalue weighted by Gasteiger charge is -2.26. The minimum atomic E-state index is -0.887. The first-order valence-corrected chi connectivity index (χ1v) is 6.96. The van der Waals surface area contributed by atoms with Gasteiger partial charge in [0.15, 0.2) is 0 Å². The quantitative estimate of drug-likeness (QED) is 0.868. The first kappa shape index (κ1) is 16.2. The maximum Gasteiger partial charge on any atom is 0.305 e. The molecule has 1 N–H and O–H groups in total. The molecular formula is C16H23NO3. The predicted octanol–water partition coefficient (Wildman–Crippen LogP) is 3.22. The van der Waals surface area contributed by atoms with Crippen LogP contribution in [0.25, 0.3) is 0 Å². The number of carbonyl (C=O) groups excluding carboxylic acids is 1. The van der Waals surface area contributed by atoms with E-state index in [9.17, 15) is 9.59 Å². The molecule has 20 heavy (non-hydrogen) atoms. The molecular weight excluding hydrogens is 254 g/mol. The Labute approximate surface area is 120 Å². The van der Waals surface area contributed by atoms with Crippen molar-refractivity contribution in [3.05, 3.63) is 28.8 Å². The van der Waals surface area contributed by atoms with Crippen molar-refractivity contribution in [1.29, 1.82) is 0 Å². The molecule has 0 fully saturated rings. The molecule has 0 aliphatic carbocycles. The van der Waals surface area contributed by atoms with Gasteiger partial charge in [-0.3, -0.25) is 9.59 Å². The van der Waals surface area contributed by atoms with Crippen molar-refractivity contribution in [2.45, 2.75) is 47.0 Å². The number of aliphatic carboxylic acids is 1. The van der Waals surface area contributed by atoms with Gasteiger partial charge in [-0.2, -0.15) is 0 Å². The van der Waals surface area contributed by atoms with Crippen LogP contribution in [0, 0.1) is 20.8 Å². The highest BCUT2D eigenvalue weighted by molar-refractivity contribution is 5.95. The molecule has 0 spiro atoms. The molecule has 0 atom stereocenters. The van der Waals surface area contributed by atoms with Crippen LogP contribution in [-0.2, 0) is 9.59 Å². The first-order valence-electron chi connectivity index (χ1n) is 6.96. The fraction of sp³-hybridized carbons (Fsp3) is 0.500. The van der Waals surface area contributed by atoms with E-state index in [1.165, 1.54) is 0 Å². The summed E-state index contributed by atoms with van der Waals surface area (Å²) < 4.78 is 0. The van der Waals surface area contributed by atoms with Gasteiger partial charge in [0.1, 0.15) is 0 Å². The van der Waals surface area contributed by atoms with E-state index in [2.05, 4.69) is 0 Å². The molecule has 0 aliphatic rings. The summed E-state index contributed by atoms with van der Waals surface area (Å²) in [5.41, 5.74) is 4.02. The summed E-state index contributed by atoms with van der Waals surface area (Å²) in [6.07, 6.45) is 1.15. The average molecular weight is 277 g/mol. The van der Waals surface area contributed by atoms with Gasteiger partial charge >= 0.3 is 5.97 Å². The highest BCUT2D eigenvalue weighted by Gasteiger charge is 2.19. The third kappa shape index (κ3) is 4.08. The molecule has 1 aromatic carbocycles. The van der Waals surface area contributed by atoms with E-state index in [1.54, 1.807) is 4.90 Å². The van der Waals surface area contributed by atoms with Gasteiger partial charge in [0, 0.05) is 18.7 Å². The fourth-order valence-electron chi connectivity index (χ4n) is 2.52. The number of anilines is 1. The van der Waals surface area contributed by atoms with Crippen LogP contribution in [-0.4, -0.2) is 23.5 Å². The van der Waals surface area contributed by atoms with Gasteiger partial charge in [0.05, 0.1) is 6.42 Å². The zero-order chi connectivity index (χ0) is 15.3. The van der Waals surface area contributed by atoms with Crippen molar-refractivity contribution in [2.75, 3.05) is 11.4 Å². The highest BCUT2D eigenvalue weighted by Crippen LogP contribution is 2.27. The number of carboxylic acid groups (broad SMARTS) is 1. The molecule has 0 saturated heterocycles.